The van der Waals surface area contributed by atoms with Crippen LogP contribution in [0.1, 0.15) is 0 Å². The van der Waals surface area contributed by atoms with Gasteiger partial charge in [-0.1, -0.05) is 42.5 Å². The van der Waals surface area contributed by atoms with E-state index in [4.69, 9.17) is 9.15 Å². The van der Waals surface area contributed by atoms with Gasteiger partial charge >= 0.3 is 18.6 Å². The predicted molar refractivity (Wildman–Crippen MR) is 108 cm³/mol. The molecule has 4 rings (SSSR count). The van der Waals surface area contributed by atoms with Crippen LogP contribution in [0.5, 0.6) is 5.75 Å². The van der Waals surface area contributed by atoms with Gasteiger partial charge in [0.15, 0.2) is 0 Å². The van der Waals surface area contributed by atoms with Gasteiger partial charge in [-0.15, -0.1) is 0 Å². The molecule has 0 bridgehead atoms. The van der Waals surface area contributed by atoms with E-state index in [0.29, 0.717) is 0 Å². The maximum atomic E-state index is 9.75. The second kappa shape index (κ2) is 8.77. The third kappa shape index (κ3) is 5.57. The van der Waals surface area contributed by atoms with Crippen LogP contribution < -0.4 is 4.74 Å². The average molecular weight is 400 g/mol. The van der Waals surface area contributed by atoms with E-state index in [0.717, 1.165) is 28.0 Å². The zero-order valence-electron chi connectivity index (χ0n) is 15.5. The maximum Gasteiger partial charge on any atom is 0.673 e. The normalized spacial score (nSPS) is 10.9. The molecule has 0 radical (unpaired) electrons. The Hall–Kier alpha value is -3.35. The lowest BCUT2D eigenvalue weighted by atomic mass is 10.00. The van der Waals surface area contributed by atoms with Crippen molar-refractivity contribution in [1.82, 2.24) is 0 Å². The Morgan fingerprint density at radius 3 is 1.93 bits per heavy atom. The summed E-state index contributed by atoms with van der Waals surface area (Å²) in [4.78, 5) is 0. The second-order valence-corrected chi connectivity index (χ2v) is 6.11. The largest absolute Gasteiger partial charge is 0.673 e. The highest BCUT2D eigenvalue weighted by Gasteiger charge is 2.21. The first-order chi connectivity index (χ1) is 13.8. The molecule has 1 heterocycles. The lowest BCUT2D eigenvalue weighted by molar-refractivity contribution is 0.368. The molecule has 3 aromatic carbocycles. The van der Waals surface area contributed by atoms with Crippen LogP contribution in [0.3, 0.4) is 0 Å². The van der Waals surface area contributed by atoms with E-state index in [9.17, 15) is 17.3 Å². The molecule has 1 aromatic heterocycles. The molecule has 29 heavy (non-hydrogen) atoms. The van der Waals surface area contributed by atoms with Crippen LogP contribution in [0.2, 0.25) is 0 Å². The number of rotatable bonds is 3. The van der Waals surface area contributed by atoms with E-state index < -0.39 is 7.25 Å². The zero-order valence-corrected chi connectivity index (χ0v) is 15.5. The van der Waals surface area contributed by atoms with Gasteiger partial charge in [0.2, 0.25) is 0 Å². The van der Waals surface area contributed by atoms with Crippen molar-refractivity contribution in [3.05, 3.63) is 84.9 Å². The Labute approximate surface area is 165 Å². The number of fused-ring (bicyclic) bond motifs is 1. The van der Waals surface area contributed by atoms with Gasteiger partial charge in [-0.2, -0.15) is 0 Å². The minimum atomic E-state index is -6.00. The Balaban J connectivity index is 0.000000431. The molecular weight excluding hydrogens is 383 g/mol. The van der Waals surface area contributed by atoms with Gasteiger partial charge in [0, 0.05) is 11.6 Å². The number of hydrogen-bond acceptors (Lipinski definition) is 1. The third-order valence-electron chi connectivity index (χ3n) is 4.13. The van der Waals surface area contributed by atoms with Gasteiger partial charge in [0.05, 0.1) is 24.1 Å². The van der Waals surface area contributed by atoms with Crippen molar-refractivity contribution in [3.63, 3.8) is 0 Å². The molecule has 0 saturated heterocycles. The van der Waals surface area contributed by atoms with Crippen molar-refractivity contribution in [3.8, 4) is 28.2 Å². The van der Waals surface area contributed by atoms with E-state index in [1.54, 1.807) is 7.11 Å². The van der Waals surface area contributed by atoms with Crippen LogP contribution in [-0.2, 0) is 0 Å². The molecule has 0 amide bonds. The molecule has 0 aliphatic carbocycles. The topological polar surface area (TPSA) is 20.5 Å². The molecule has 0 atom stereocenters. The zero-order chi connectivity index (χ0) is 20.9. The van der Waals surface area contributed by atoms with Crippen molar-refractivity contribution in [1.29, 1.82) is 0 Å². The molecular formula is C22H17BF4O2. The standard InChI is InChI=1S/C22H17O2.BF4/c1-23-18-13-11-17(12-14-18)22-15-20(16-7-3-2-4-8-16)19-9-5-6-10-21(19)24-22;2-1(3,4)5/h2-15H,1H3;/q+1;-1. The van der Waals surface area contributed by atoms with E-state index >= 15 is 0 Å². The summed E-state index contributed by atoms with van der Waals surface area (Å²) < 4.78 is 50.4. The highest BCUT2D eigenvalue weighted by molar-refractivity contribution is 6.50. The monoisotopic (exact) mass is 400 g/mol. The number of hydrogen-bond donors (Lipinski definition) is 0. The van der Waals surface area contributed by atoms with E-state index in [-0.39, 0.29) is 0 Å². The number of benzene rings is 3. The molecule has 148 valence electrons. The lowest BCUT2D eigenvalue weighted by Gasteiger charge is -2.04. The molecule has 0 aliphatic rings. The summed E-state index contributed by atoms with van der Waals surface area (Å²) >= 11 is 0. The molecule has 0 unspecified atom stereocenters. The van der Waals surface area contributed by atoms with Crippen LogP contribution >= 0.6 is 0 Å². The lowest BCUT2D eigenvalue weighted by Crippen LogP contribution is -2.02. The summed E-state index contributed by atoms with van der Waals surface area (Å²) in [7, 11) is -4.33. The third-order valence-corrected chi connectivity index (χ3v) is 4.13. The predicted octanol–water partition coefficient (Wildman–Crippen LogP) is 7.36. The molecule has 2 nitrogen and oxygen atoms in total. The van der Waals surface area contributed by atoms with Crippen LogP contribution in [-0.4, -0.2) is 14.4 Å². The van der Waals surface area contributed by atoms with E-state index in [1.807, 2.05) is 48.5 Å². The minimum absolute atomic E-state index is 0.836. The van der Waals surface area contributed by atoms with Crippen molar-refractivity contribution < 1.29 is 26.4 Å². The van der Waals surface area contributed by atoms with Gasteiger partial charge in [-0.25, -0.2) is 4.42 Å². The molecule has 0 fully saturated rings. The highest BCUT2D eigenvalue weighted by Crippen LogP contribution is 2.34. The first-order valence-corrected chi connectivity index (χ1v) is 8.78. The van der Waals surface area contributed by atoms with Crippen molar-refractivity contribution >= 4 is 18.2 Å². The van der Waals surface area contributed by atoms with Gasteiger partial charge in [0.25, 0.3) is 0 Å². The van der Waals surface area contributed by atoms with Crippen LogP contribution in [0, 0.1) is 0 Å². The maximum absolute atomic E-state index is 9.75. The van der Waals surface area contributed by atoms with Gasteiger partial charge in [0.1, 0.15) is 5.75 Å². The van der Waals surface area contributed by atoms with Crippen LogP contribution in [0.15, 0.2) is 89.3 Å². The Kier molecular flexibility index (Phi) is 6.17. The highest BCUT2D eigenvalue weighted by atomic mass is 19.5. The Morgan fingerprint density at radius 2 is 1.31 bits per heavy atom. The fourth-order valence-electron chi connectivity index (χ4n) is 2.89. The summed E-state index contributed by atoms with van der Waals surface area (Å²) in [6.45, 7) is 0. The fraction of sp³-hybridized carbons (Fsp3) is 0.0455. The van der Waals surface area contributed by atoms with Gasteiger partial charge in [-0.05, 0) is 35.9 Å². The molecule has 7 heteroatoms. The van der Waals surface area contributed by atoms with Crippen molar-refractivity contribution in [2.75, 3.05) is 7.11 Å². The minimum Gasteiger partial charge on any atom is -0.497 e. The van der Waals surface area contributed by atoms with Crippen LogP contribution in [0.25, 0.3) is 33.4 Å². The van der Waals surface area contributed by atoms with E-state index in [2.05, 4.69) is 36.4 Å². The first kappa shape index (κ1) is 20.4. The van der Waals surface area contributed by atoms with Crippen LogP contribution in [0.4, 0.5) is 17.3 Å². The Bertz CT molecular complexity index is 1080. The average Bonchev–Trinajstić information content (AvgIpc) is 2.72. The molecule has 0 aliphatic heterocycles. The number of ether oxygens (including phenoxy) is 1. The second-order valence-electron chi connectivity index (χ2n) is 6.11. The Morgan fingerprint density at radius 1 is 0.724 bits per heavy atom. The summed E-state index contributed by atoms with van der Waals surface area (Å²) in [5.74, 6) is 1.68. The SMILES string of the molecule is COc1ccc(-c2cc(-c3ccccc3)c3ccccc3[o+]2)cc1.F[B-](F)(F)F. The number of halogens is 4. The van der Waals surface area contributed by atoms with Gasteiger partial charge in [-0.3, -0.25) is 0 Å². The summed E-state index contributed by atoms with van der Waals surface area (Å²) in [5, 5.41) is 1.11. The number of para-hydroxylation sites is 1. The summed E-state index contributed by atoms with van der Waals surface area (Å²) in [5.41, 5.74) is 4.26. The van der Waals surface area contributed by atoms with Crippen molar-refractivity contribution in [2.45, 2.75) is 0 Å². The quantitative estimate of drug-likeness (QED) is 0.204. The molecule has 0 saturated carbocycles. The number of methoxy groups -OCH3 is 1. The van der Waals surface area contributed by atoms with Crippen molar-refractivity contribution in [2.24, 2.45) is 0 Å². The smallest absolute Gasteiger partial charge is 0.497 e. The summed E-state index contributed by atoms with van der Waals surface area (Å²) in [6, 6.07) is 28.6. The molecule has 0 N–H and O–H groups in total. The fourth-order valence-corrected chi connectivity index (χ4v) is 2.89. The first-order valence-electron chi connectivity index (χ1n) is 8.78. The van der Waals surface area contributed by atoms with Gasteiger partial charge < -0.3 is 22.0 Å². The van der Waals surface area contributed by atoms with E-state index in [1.165, 1.54) is 11.1 Å². The summed E-state index contributed by atoms with van der Waals surface area (Å²) in [6.07, 6.45) is 0. The molecule has 0 spiro atoms. The molecule has 4 aromatic rings.